The number of carbonyl (C=O) groups is 1. The van der Waals surface area contributed by atoms with Crippen molar-refractivity contribution in [2.75, 3.05) is 6.54 Å². The molecule has 0 saturated heterocycles. The molecular formula is C19H25NO2. The average molecular weight is 299 g/mol. The van der Waals surface area contributed by atoms with Crippen molar-refractivity contribution in [3.05, 3.63) is 48.0 Å². The minimum absolute atomic E-state index is 0.0232. The molecule has 118 valence electrons. The lowest BCUT2D eigenvalue weighted by Crippen LogP contribution is -2.36. The van der Waals surface area contributed by atoms with Crippen LogP contribution in [0.5, 0.6) is 0 Å². The lowest BCUT2D eigenvalue weighted by atomic mass is 9.87. The number of carbonyl (C=O) groups excluding carboxylic acids is 1. The normalized spacial score (nSPS) is 13.1. The summed E-state index contributed by atoms with van der Waals surface area (Å²) in [4.78, 5) is 12.2. The van der Waals surface area contributed by atoms with E-state index in [4.69, 9.17) is 0 Å². The first-order chi connectivity index (χ1) is 10.4. The first kappa shape index (κ1) is 16.5. The molecule has 0 bridgehead atoms. The molecule has 0 heterocycles. The summed E-state index contributed by atoms with van der Waals surface area (Å²) in [6, 6.07) is 14.2. The van der Waals surface area contributed by atoms with Gasteiger partial charge in [0.15, 0.2) is 0 Å². The second-order valence-electron chi connectivity index (χ2n) is 6.81. The van der Waals surface area contributed by atoms with Crippen molar-refractivity contribution in [2.24, 2.45) is 5.41 Å². The number of hydrogen-bond donors (Lipinski definition) is 2. The van der Waals surface area contributed by atoms with Gasteiger partial charge in [0.25, 0.3) is 0 Å². The first-order valence-corrected chi connectivity index (χ1v) is 7.79. The van der Waals surface area contributed by atoms with Crippen LogP contribution in [0.4, 0.5) is 0 Å². The summed E-state index contributed by atoms with van der Waals surface area (Å²) in [5.74, 6) is 0.0232. The van der Waals surface area contributed by atoms with Gasteiger partial charge in [0.2, 0.25) is 5.91 Å². The third-order valence-corrected chi connectivity index (χ3v) is 3.84. The standard InChI is InChI=1S/C19H25NO2/c1-14(21)12-19(2,3)13-20-18(22)11-16-9-6-8-15-7-4-5-10-17(15)16/h4-10,14,21H,11-13H2,1-3H3,(H,20,22). The largest absolute Gasteiger partial charge is 0.393 e. The number of nitrogens with one attached hydrogen (secondary N) is 1. The highest BCUT2D eigenvalue weighted by atomic mass is 16.3. The van der Waals surface area contributed by atoms with Crippen LogP contribution in [-0.4, -0.2) is 23.7 Å². The Morgan fingerprint density at radius 1 is 1.18 bits per heavy atom. The first-order valence-electron chi connectivity index (χ1n) is 7.79. The summed E-state index contributed by atoms with van der Waals surface area (Å²) < 4.78 is 0. The number of benzene rings is 2. The number of rotatable bonds is 6. The van der Waals surface area contributed by atoms with Gasteiger partial charge in [-0.25, -0.2) is 0 Å². The topological polar surface area (TPSA) is 49.3 Å². The van der Waals surface area contributed by atoms with Gasteiger partial charge in [0.1, 0.15) is 0 Å². The van der Waals surface area contributed by atoms with Crippen LogP contribution in [-0.2, 0) is 11.2 Å². The molecule has 0 aliphatic rings. The smallest absolute Gasteiger partial charge is 0.224 e. The van der Waals surface area contributed by atoms with Gasteiger partial charge in [0, 0.05) is 6.54 Å². The molecule has 0 aliphatic carbocycles. The van der Waals surface area contributed by atoms with E-state index in [0.29, 0.717) is 19.4 Å². The maximum absolute atomic E-state index is 12.2. The lowest BCUT2D eigenvalue weighted by molar-refractivity contribution is -0.121. The predicted octanol–water partition coefficient (Wildman–Crippen LogP) is 3.30. The van der Waals surface area contributed by atoms with E-state index in [0.717, 1.165) is 16.3 Å². The Bertz CT molecular complexity index is 641. The van der Waals surface area contributed by atoms with Crippen LogP contribution < -0.4 is 5.32 Å². The van der Waals surface area contributed by atoms with Crippen LogP contribution in [0.15, 0.2) is 42.5 Å². The highest BCUT2D eigenvalue weighted by Gasteiger charge is 2.21. The molecule has 0 aromatic heterocycles. The summed E-state index contributed by atoms with van der Waals surface area (Å²) in [5.41, 5.74) is 0.937. The third-order valence-electron chi connectivity index (χ3n) is 3.84. The van der Waals surface area contributed by atoms with Crippen molar-refractivity contribution in [3.63, 3.8) is 0 Å². The summed E-state index contributed by atoms with van der Waals surface area (Å²) in [5, 5.41) is 14.8. The Balaban J connectivity index is 2.00. The molecule has 0 aliphatic heterocycles. The van der Waals surface area contributed by atoms with Crippen LogP contribution in [0, 0.1) is 5.41 Å². The Morgan fingerprint density at radius 2 is 1.86 bits per heavy atom. The average Bonchev–Trinajstić information content (AvgIpc) is 2.44. The van der Waals surface area contributed by atoms with Gasteiger partial charge in [-0.3, -0.25) is 4.79 Å². The molecule has 2 rings (SSSR count). The highest BCUT2D eigenvalue weighted by molar-refractivity contribution is 5.90. The van der Waals surface area contributed by atoms with Gasteiger partial charge in [0.05, 0.1) is 12.5 Å². The zero-order valence-electron chi connectivity index (χ0n) is 13.6. The van der Waals surface area contributed by atoms with Crippen LogP contribution in [0.3, 0.4) is 0 Å². The third kappa shape index (κ3) is 4.57. The molecule has 2 aromatic rings. The van der Waals surface area contributed by atoms with E-state index in [2.05, 4.69) is 37.4 Å². The zero-order valence-corrected chi connectivity index (χ0v) is 13.6. The van der Waals surface area contributed by atoms with E-state index in [1.165, 1.54) is 0 Å². The molecule has 2 N–H and O–H groups in total. The van der Waals surface area contributed by atoms with E-state index in [1.807, 2.05) is 24.3 Å². The van der Waals surface area contributed by atoms with Crippen molar-refractivity contribution in [1.29, 1.82) is 0 Å². The van der Waals surface area contributed by atoms with E-state index in [1.54, 1.807) is 6.92 Å². The summed E-state index contributed by atoms with van der Waals surface area (Å²) >= 11 is 0. The number of aliphatic hydroxyl groups is 1. The van der Waals surface area contributed by atoms with Gasteiger partial charge in [-0.2, -0.15) is 0 Å². The maximum Gasteiger partial charge on any atom is 0.224 e. The molecule has 22 heavy (non-hydrogen) atoms. The van der Waals surface area contributed by atoms with Crippen molar-refractivity contribution in [1.82, 2.24) is 5.32 Å². The number of fused-ring (bicyclic) bond motifs is 1. The summed E-state index contributed by atoms with van der Waals surface area (Å²) in [7, 11) is 0. The Kier molecular flexibility index (Phi) is 5.19. The van der Waals surface area contributed by atoms with Crippen LogP contribution in [0.1, 0.15) is 32.8 Å². The predicted molar refractivity (Wildman–Crippen MR) is 90.7 cm³/mol. The highest BCUT2D eigenvalue weighted by Crippen LogP contribution is 2.22. The molecule has 3 nitrogen and oxygen atoms in total. The molecule has 0 radical (unpaired) electrons. The maximum atomic E-state index is 12.2. The Morgan fingerprint density at radius 3 is 2.59 bits per heavy atom. The SMILES string of the molecule is CC(O)CC(C)(C)CNC(=O)Cc1cccc2ccccc12. The molecule has 0 spiro atoms. The van der Waals surface area contributed by atoms with Crippen molar-refractivity contribution in [3.8, 4) is 0 Å². The molecule has 0 fully saturated rings. The molecule has 1 amide bonds. The Hall–Kier alpha value is -1.87. The van der Waals surface area contributed by atoms with E-state index >= 15 is 0 Å². The zero-order chi connectivity index (χ0) is 16.2. The monoisotopic (exact) mass is 299 g/mol. The van der Waals surface area contributed by atoms with Gasteiger partial charge in [-0.1, -0.05) is 56.3 Å². The van der Waals surface area contributed by atoms with Crippen LogP contribution >= 0.6 is 0 Å². The number of aliphatic hydroxyl groups excluding tert-OH is 1. The number of hydrogen-bond acceptors (Lipinski definition) is 2. The summed E-state index contributed by atoms with van der Waals surface area (Å²) in [6.45, 7) is 6.46. The second-order valence-corrected chi connectivity index (χ2v) is 6.81. The van der Waals surface area contributed by atoms with Gasteiger partial charge < -0.3 is 10.4 Å². The van der Waals surface area contributed by atoms with Crippen molar-refractivity contribution < 1.29 is 9.90 Å². The fourth-order valence-corrected chi connectivity index (χ4v) is 2.89. The second kappa shape index (κ2) is 6.93. The minimum Gasteiger partial charge on any atom is -0.393 e. The van der Waals surface area contributed by atoms with Crippen LogP contribution in [0.2, 0.25) is 0 Å². The number of amides is 1. The minimum atomic E-state index is -0.357. The van der Waals surface area contributed by atoms with Gasteiger partial charge in [-0.15, -0.1) is 0 Å². The molecule has 1 atom stereocenters. The summed E-state index contributed by atoms with van der Waals surface area (Å²) in [6.07, 6.45) is 0.693. The van der Waals surface area contributed by atoms with Crippen LogP contribution in [0.25, 0.3) is 10.8 Å². The Labute approximate surface area is 132 Å². The van der Waals surface area contributed by atoms with Crippen molar-refractivity contribution >= 4 is 16.7 Å². The van der Waals surface area contributed by atoms with Gasteiger partial charge >= 0.3 is 0 Å². The lowest BCUT2D eigenvalue weighted by Gasteiger charge is -2.26. The fourth-order valence-electron chi connectivity index (χ4n) is 2.89. The molecule has 2 aromatic carbocycles. The molecular weight excluding hydrogens is 274 g/mol. The van der Waals surface area contributed by atoms with E-state index in [-0.39, 0.29) is 17.4 Å². The van der Waals surface area contributed by atoms with Crippen molar-refractivity contribution in [2.45, 2.75) is 39.7 Å². The fraction of sp³-hybridized carbons (Fsp3) is 0.421. The van der Waals surface area contributed by atoms with Gasteiger partial charge in [-0.05, 0) is 35.1 Å². The molecule has 1 unspecified atom stereocenters. The van der Waals surface area contributed by atoms with E-state index < -0.39 is 0 Å². The quantitative estimate of drug-likeness (QED) is 0.860. The molecule has 0 saturated carbocycles. The van der Waals surface area contributed by atoms with E-state index in [9.17, 15) is 9.90 Å². The molecule has 3 heteroatoms.